The molecule has 3 nitrogen and oxygen atoms in total. The molecule has 21 heavy (non-hydrogen) atoms. The lowest BCUT2D eigenvalue weighted by atomic mass is 9.81. The summed E-state index contributed by atoms with van der Waals surface area (Å²) in [7, 11) is 0. The monoisotopic (exact) mass is 281 g/mol. The standard InChI is InChI=1S/C18H23N3/c19-16(13-6-2-1-3-7-13)10-17-14-8-4-5-9-15(14)18-11-20-12-21(17)18/h4-5,8-9,11-13,16-17H,1-3,6-7,10,19H2/t16-,17+/m1/s1. The summed E-state index contributed by atoms with van der Waals surface area (Å²) in [6, 6.07) is 9.37. The minimum absolute atomic E-state index is 0.303. The van der Waals surface area contributed by atoms with Crippen molar-refractivity contribution < 1.29 is 0 Å². The molecule has 0 bridgehead atoms. The van der Waals surface area contributed by atoms with Crippen molar-refractivity contribution in [2.45, 2.75) is 50.6 Å². The molecular weight excluding hydrogens is 258 g/mol. The third-order valence-electron chi connectivity index (χ3n) is 5.35. The summed E-state index contributed by atoms with van der Waals surface area (Å²) in [6.45, 7) is 0. The van der Waals surface area contributed by atoms with Gasteiger partial charge < -0.3 is 10.3 Å². The summed E-state index contributed by atoms with van der Waals surface area (Å²) in [4.78, 5) is 4.33. The van der Waals surface area contributed by atoms with Crippen molar-refractivity contribution in [1.29, 1.82) is 0 Å². The summed E-state index contributed by atoms with van der Waals surface area (Å²) < 4.78 is 2.31. The van der Waals surface area contributed by atoms with Gasteiger partial charge in [-0.2, -0.15) is 0 Å². The van der Waals surface area contributed by atoms with Crippen molar-refractivity contribution in [3.05, 3.63) is 42.4 Å². The van der Waals surface area contributed by atoms with Crippen molar-refractivity contribution in [2.24, 2.45) is 11.7 Å². The third-order valence-corrected chi connectivity index (χ3v) is 5.35. The molecule has 0 radical (unpaired) electrons. The second-order valence-corrected chi connectivity index (χ2v) is 6.59. The van der Waals surface area contributed by atoms with E-state index in [4.69, 9.17) is 5.73 Å². The molecule has 2 N–H and O–H groups in total. The minimum atomic E-state index is 0.303. The summed E-state index contributed by atoms with van der Waals surface area (Å²) in [5.41, 5.74) is 10.6. The molecule has 1 aromatic carbocycles. The first-order chi connectivity index (χ1) is 10.3. The third kappa shape index (κ3) is 2.20. The molecule has 1 fully saturated rings. The molecule has 1 aliphatic carbocycles. The molecule has 0 spiro atoms. The maximum Gasteiger partial charge on any atom is 0.0956 e. The minimum Gasteiger partial charge on any atom is -0.327 e. The van der Waals surface area contributed by atoms with Crippen LogP contribution in [0.5, 0.6) is 0 Å². The maximum absolute atomic E-state index is 6.58. The van der Waals surface area contributed by atoms with Gasteiger partial charge in [0, 0.05) is 11.6 Å². The number of hydrogen-bond donors (Lipinski definition) is 1. The molecule has 2 aromatic rings. The Balaban J connectivity index is 1.60. The summed E-state index contributed by atoms with van der Waals surface area (Å²) in [6.07, 6.45) is 11.7. The van der Waals surface area contributed by atoms with Crippen molar-refractivity contribution in [3.63, 3.8) is 0 Å². The van der Waals surface area contributed by atoms with Crippen LogP contribution in [0.15, 0.2) is 36.8 Å². The van der Waals surface area contributed by atoms with Gasteiger partial charge in [-0.3, -0.25) is 0 Å². The van der Waals surface area contributed by atoms with E-state index >= 15 is 0 Å². The van der Waals surface area contributed by atoms with Gasteiger partial charge in [-0.15, -0.1) is 0 Å². The predicted molar refractivity (Wildman–Crippen MR) is 85.0 cm³/mol. The van der Waals surface area contributed by atoms with E-state index in [1.165, 1.54) is 48.9 Å². The molecule has 110 valence electrons. The Labute approximate surface area is 126 Å². The van der Waals surface area contributed by atoms with Crippen LogP contribution >= 0.6 is 0 Å². The molecule has 1 aromatic heterocycles. The number of hydrogen-bond acceptors (Lipinski definition) is 2. The molecule has 2 aliphatic rings. The molecule has 3 heteroatoms. The van der Waals surface area contributed by atoms with Gasteiger partial charge in [0.1, 0.15) is 0 Å². The Hall–Kier alpha value is -1.61. The smallest absolute Gasteiger partial charge is 0.0956 e. The lowest BCUT2D eigenvalue weighted by Crippen LogP contribution is -2.34. The topological polar surface area (TPSA) is 43.8 Å². The highest BCUT2D eigenvalue weighted by molar-refractivity contribution is 5.68. The highest BCUT2D eigenvalue weighted by Crippen LogP contribution is 2.42. The lowest BCUT2D eigenvalue weighted by Gasteiger charge is -2.30. The number of benzene rings is 1. The molecule has 2 heterocycles. The molecule has 0 saturated heterocycles. The fourth-order valence-corrected chi connectivity index (χ4v) is 4.19. The Morgan fingerprint density at radius 1 is 1.19 bits per heavy atom. The number of rotatable bonds is 3. The fraction of sp³-hybridized carbons (Fsp3) is 0.500. The molecule has 0 unspecified atom stereocenters. The number of aromatic nitrogens is 2. The van der Waals surface area contributed by atoms with Gasteiger partial charge >= 0.3 is 0 Å². The largest absolute Gasteiger partial charge is 0.327 e. The van der Waals surface area contributed by atoms with Gasteiger partial charge in [0.15, 0.2) is 0 Å². The lowest BCUT2D eigenvalue weighted by molar-refractivity contribution is 0.280. The average molecular weight is 281 g/mol. The van der Waals surface area contributed by atoms with Gasteiger partial charge in [-0.1, -0.05) is 43.5 Å². The SMILES string of the molecule is N[C@H](C[C@H]1c2ccccc2-c2cncn21)C1CCCCC1. The van der Waals surface area contributed by atoms with Crippen LogP contribution in [0.2, 0.25) is 0 Å². The van der Waals surface area contributed by atoms with Crippen LogP contribution in [0, 0.1) is 5.92 Å². The van der Waals surface area contributed by atoms with Crippen LogP contribution in [0.25, 0.3) is 11.3 Å². The van der Waals surface area contributed by atoms with E-state index in [2.05, 4.69) is 33.8 Å². The first-order valence-electron chi connectivity index (χ1n) is 8.21. The van der Waals surface area contributed by atoms with Crippen molar-refractivity contribution >= 4 is 0 Å². The van der Waals surface area contributed by atoms with E-state index in [1.54, 1.807) is 0 Å². The van der Waals surface area contributed by atoms with Gasteiger partial charge in [-0.05, 0) is 30.7 Å². The summed E-state index contributed by atoms with van der Waals surface area (Å²) in [5.74, 6) is 0.707. The maximum atomic E-state index is 6.58. The first-order valence-corrected chi connectivity index (χ1v) is 8.21. The fourth-order valence-electron chi connectivity index (χ4n) is 4.19. The van der Waals surface area contributed by atoms with E-state index in [0.29, 0.717) is 18.0 Å². The zero-order valence-electron chi connectivity index (χ0n) is 12.4. The van der Waals surface area contributed by atoms with Crippen molar-refractivity contribution in [3.8, 4) is 11.3 Å². The normalized spacial score (nSPS) is 22.8. The zero-order chi connectivity index (χ0) is 14.2. The summed E-state index contributed by atoms with van der Waals surface area (Å²) in [5, 5.41) is 0. The van der Waals surface area contributed by atoms with Crippen molar-refractivity contribution in [1.82, 2.24) is 9.55 Å². The molecule has 0 amide bonds. The first kappa shape index (κ1) is 13.1. The van der Waals surface area contributed by atoms with Gasteiger partial charge in [0.05, 0.1) is 24.3 Å². The highest BCUT2D eigenvalue weighted by Gasteiger charge is 2.31. The van der Waals surface area contributed by atoms with Crippen LogP contribution in [-0.4, -0.2) is 15.6 Å². The quantitative estimate of drug-likeness (QED) is 0.931. The van der Waals surface area contributed by atoms with Crippen LogP contribution in [-0.2, 0) is 0 Å². The van der Waals surface area contributed by atoms with Crippen LogP contribution in [0.1, 0.15) is 50.1 Å². The summed E-state index contributed by atoms with van der Waals surface area (Å²) >= 11 is 0. The number of nitrogens with zero attached hydrogens (tertiary/aromatic N) is 2. The van der Waals surface area contributed by atoms with Gasteiger partial charge in [0.25, 0.3) is 0 Å². The van der Waals surface area contributed by atoms with E-state index in [9.17, 15) is 0 Å². The van der Waals surface area contributed by atoms with E-state index in [-0.39, 0.29) is 0 Å². The highest BCUT2D eigenvalue weighted by atomic mass is 15.1. The van der Waals surface area contributed by atoms with Crippen LogP contribution in [0.4, 0.5) is 0 Å². The predicted octanol–water partition coefficient (Wildman–Crippen LogP) is 3.75. The van der Waals surface area contributed by atoms with E-state index in [0.717, 1.165) is 6.42 Å². The van der Waals surface area contributed by atoms with Crippen LogP contribution < -0.4 is 5.73 Å². The number of imidazole rings is 1. The van der Waals surface area contributed by atoms with E-state index in [1.807, 2.05) is 12.5 Å². The number of nitrogens with two attached hydrogens (primary N) is 1. The van der Waals surface area contributed by atoms with Crippen LogP contribution in [0.3, 0.4) is 0 Å². The Morgan fingerprint density at radius 2 is 2.00 bits per heavy atom. The second-order valence-electron chi connectivity index (χ2n) is 6.59. The van der Waals surface area contributed by atoms with Gasteiger partial charge in [-0.25, -0.2) is 4.98 Å². The van der Waals surface area contributed by atoms with Gasteiger partial charge in [0.2, 0.25) is 0 Å². The second kappa shape index (κ2) is 5.30. The molecule has 4 rings (SSSR count). The average Bonchev–Trinajstić information content (AvgIpc) is 3.11. The number of fused-ring (bicyclic) bond motifs is 3. The Morgan fingerprint density at radius 3 is 2.86 bits per heavy atom. The zero-order valence-corrected chi connectivity index (χ0v) is 12.4. The van der Waals surface area contributed by atoms with E-state index < -0.39 is 0 Å². The Bertz CT molecular complexity index is 625. The molecule has 2 atom stereocenters. The molecular formula is C18H23N3. The molecule has 1 aliphatic heterocycles. The Kier molecular flexibility index (Phi) is 3.30. The van der Waals surface area contributed by atoms with Crippen molar-refractivity contribution in [2.75, 3.05) is 0 Å². The molecule has 1 saturated carbocycles.